The van der Waals surface area contributed by atoms with Gasteiger partial charge in [-0.2, -0.15) is 4.98 Å². The van der Waals surface area contributed by atoms with E-state index in [1.54, 1.807) is 18.6 Å². The van der Waals surface area contributed by atoms with Crippen molar-refractivity contribution in [1.82, 2.24) is 24.5 Å². The number of para-hydroxylation sites is 3. The van der Waals surface area contributed by atoms with Gasteiger partial charge in [-0.15, -0.1) is 11.0 Å². The maximum absolute atomic E-state index is 4.80. The second-order valence-corrected chi connectivity index (χ2v) is 13.2. The third kappa shape index (κ3) is 6.55. The van der Waals surface area contributed by atoms with Crippen molar-refractivity contribution in [2.24, 2.45) is 0 Å². The Morgan fingerprint density at radius 3 is 1.79 bits per heavy atom. The summed E-state index contributed by atoms with van der Waals surface area (Å²) in [5, 5.41) is 2.32. The van der Waals surface area contributed by atoms with Gasteiger partial charge in [-0.25, -0.2) is 0 Å². The fourth-order valence-corrected chi connectivity index (χ4v) is 6.31. The van der Waals surface area contributed by atoms with Crippen LogP contribution in [-0.2, 0) is 22.4 Å². The molecule has 0 spiro atoms. The summed E-state index contributed by atoms with van der Waals surface area (Å²) in [5.41, 5.74) is 11.3. The van der Waals surface area contributed by atoms with E-state index in [1.165, 1.54) is 39.0 Å². The largest absolute Gasteiger partial charge is 0.657 e. The Morgan fingerprint density at radius 2 is 1.17 bits per heavy atom. The van der Waals surface area contributed by atoms with Gasteiger partial charge in [0.25, 0.3) is 0 Å². The predicted molar refractivity (Wildman–Crippen MR) is 188 cm³/mol. The first-order valence-corrected chi connectivity index (χ1v) is 16.4. The van der Waals surface area contributed by atoms with Crippen molar-refractivity contribution < 1.29 is 26.9 Å². The molecule has 0 bridgehead atoms. The summed E-state index contributed by atoms with van der Waals surface area (Å²) in [6.45, 7) is 18.0. The third-order valence-electron chi connectivity index (χ3n) is 8.65. The van der Waals surface area contributed by atoms with Crippen LogP contribution in [0.1, 0.15) is 101 Å². The number of benzene rings is 3. The van der Waals surface area contributed by atoms with Crippen LogP contribution >= 0.6 is 0 Å². The number of nitrogens with zero attached hydrogens (tertiary/aromatic N) is 6. The molecule has 0 aliphatic carbocycles. The summed E-state index contributed by atoms with van der Waals surface area (Å²) in [6, 6.07) is 23.3. The van der Waals surface area contributed by atoms with E-state index in [0.29, 0.717) is 23.7 Å². The van der Waals surface area contributed by atoms with Gasteiger partial charge in [-0.3, -0.25) is 14.5 Å². The monoisotopic (exact) mass is 804 g/mol. The Bertz CT molecular complexity index is 1940. The molecule has 6 nitrogen and oxygen atoms in total. The van der Waals surface area contributed by atoms with E-state index in [2.05, 4.69) is 123 Å². The quantitative estimate of drug-likeness (QED) is 0.0956. The van der Waals surface area contributed by atoms with Crippen LogP contribution in [0.4, 0.5) is 0 Å². The van der Waals surface area contributed by atoms with Crippen LogP contribution in [0.25, 0.3) is 44.5 Å². The topological polar surface area (TPSA) is 61.6 Å². The molecule has 0 aliphatic rings. The number of fused-ring (bicyclic) bond motifs is 4. The molecule has 47 heavy (non-hydrogen) atoms. The molecule has 0 aliphatic heterocycles. The van der Waals surface area contributed by atoms with E-state index in [4.69, 9.17) is 9.97 Å². The van der Waals surface area contributed by atoms with Crippen LogP contribution in [0.15, 0.2) is 91.5 Å². The maximum Gasteiger partial charge on any atom is 0.227 e. The first-order chi connectivity index (χ1) is 22.2. The normalized spacial score (nSPS) is 11.6. The van der Waals surface area contributed by atoms with Crippen LogP contribution in [-0.4, -0.2) is 19.5 Å². The molecular weight excluding hydrogens is 761 g/mol. The average Bonchev–Trinajstić information content (AvgIpc) is 3.63. The number of imidazole rings is 1. The molecule has 0 atom stereocenters. The molecule has 4 aromatic heterocycles. The van der Waals surface area contributed by atoms with E-state index < -0.39 is 0 Å². The zero-order valence-electron chi connectivity index (χ0n) is 28.5. The Balaban J connectivity index is 0.000000256. The second-order valence-electron chi connectivity index (χ2n) is 13.2. The molecule has 0 saturated heterocycles. The zero-order valence-corrected chi connectivity index (χ0v) is 30.6. The van der Waals surface area contributed by atoms with Gasteiger partial charge in [0.05, 0.1) is 6.20 Å². The van der Waals surface area contributed by atoms with Crippen molar-refractivity contribution in [3.8, 4) is 11.4 Å². The second kappa shape index (κ2) is 14.3. The SMILES string of the molecule is CC(C)c1cccc(C(C)C)c1-n1[c-][n+](-c2c(C(C)C)cccc2C(C)C)c2nccnc21.[Au].c1ccc2c(c1)[n-]c1ccncc12. The summed E-state index contributed by atoms with van der Waals surface area (Å²) < 4.78 is 4.29. The van der Waals surface area contributed by atoms with Crippen molar-refractivity contribution in [3.63, 3.8) is 0 Å². The molecule has 7 heteroatoms. The molecule has 3 aromatic carbocycles. The average molecular weight is 805 g/mol. The number of hydrogen-bond donors (Lipinski definition) is 0. The van der Waals surface area contributed by atoms with E-state index in [1.807, 2.05) is 30.5 Å². The summed E-state index contributed by atoms with van der Waals surface area (Å²) in [4.78, 5) is 18.2. The minimum atomic E-state index is 0. The van der Waals surface area contributed by atoms with E-state index in [-0.39, 0.29) is 22.4 Å². The van der Waals surface area contributed by atoms with Crippen molar-refractivity contribution >= 4 is 33.1 Å². The summed E-state index contributed by atoms with van der Waals surface area (Å²) in [7, 11) is 0. The fourth-order valence-electron chi connectivity index (χ4n) is 6.31. The van der Waals surface area contributed by atoms with Gasteiger partial charge in [0.15, 0.2) is 12.0 Å². The molecule has 7 rings (SSSR count). The van der Waals surface area contributed by atoms with E-state index >= 15 is 0 Å². The predicted octanol–water partition coefficient (Wildman–Crippen LogP) is 9.33. The van der Waals surface area contributed by atoms with Gasteiger partial charge in [-0.1, -0.05) is 122 Å². The van der Waals surface area contributed by atoms with Gasteiger partial charge in [-0.05, 0) is 56.7 Å². The molecule has 0 amide bonds. The van der Waals surface area contributed by atoms with Gasteiger partial charge >= 0.3 is 0 Å². The number of hydrogen-bond acceptors (Lipinski definition) is 3. The molecular formula is C40H43AuN6-. The van der Waals surface area contributed by atoms with Crippen molar-refractivity contribution in [3.05, 3.63) is 120 Å². The first-order valence-electron chi connectivity index (χ1n) is 16.4. The summed E-state index contributed by atoms with van der Waals surface area (Å²) in [6.07, 6.45) is 10.9. The minimum absolute atomic E-state index is 0. The Kier molecular flexibility index (Phi) is 10.5. The first kappa shape index (κ1) is 34.2. The molecule has 245 valence electrons. The van der Waals surface area contributed by atoms with E-state index in [0.717, 1.165) is 27.7 Å². The molecule has 7 aromatic rings. The van der Waals surface area contributed by atoms with Crippen molar-refractivity contribution in [2.75, 3.05) is 0 Å². The Hall–Kier alpha value is -4.10. The Labute approximate surface area is 293 Å². The number of rotatable bonds is 6. The maximum atomic E-state index is 4.80. The summed E-state index contributed by atoms with van der Waals surface area (Å²) >= 11 is 0. The van der Waals surface area contributed by atoms with E-state index in [9.17, 15) is 0 Å². The number of aromatic nitrogens is 6. The van der Waals surface area contributed by atoms with Gasteiger partial charge in [0, 0.05) is 46.1 Å². The fraction of sp³-hybridized carbons (Fsp3) is 0.300. The van der Waals surface area contributed by atoms with Gasteiger partial charge in [0.2, 0.25) is 5.65 Å². The molecule has 4 heterocycles. The van der Waals surface area contributed by atoms with Crippen molar-refractivity contribution in [2.45, 2.75) is 79.1 Å². The van der Waals surface area contributed by atoms with Gasteiger partial charge in [0.1, 0.15) is 6.20 Å². The van der Waals surface area contributed by atoms with Gasteiger partial charge < -0.3 is 9.55 Å². The standard InChI is InChI=1S/C29H36N4.C11H7N2.Au/c1-18(2)22-11-9-12-23(19(3)4)26(22)32-17-33(29-28(32)30-15-16-31-29)27-24(20(5)6)13-10-14-25(27)21(7)8;1-2-4-10-8(3-1)9-7-12-6-5-11(9)13-10;/h9-16,18-21H,1-8H3;1-7H;/q;-1;. The zero-order chi connectivity index (χ0) is 32.5. The molecule has 1 radical (unpaired) electrons. The molecule has 0 unspecified atom stereocenters. The Morgan fingerprint density at radius 1 is 0.617 bits per heavy atom. The van der Waals surface area contributed by atoms with Crippen LogP contribution in [0.5, 0.6) is 0 Å². The number of pyridine rings is 1. The molecule has 0 N–H and O–H groups in total. The van der Waals surface area contributed by atoms with Crippen LogP contribution < -0.4 is 9.55 Å². The summed E-state index contributed by atoms with van der Waals surface area (Å²) in [5.74, 6) is 1.51. The minimum Gasteiger partial charge on any atom is -0.657 e. The van der Waals surface area contributed by atoms with Crippen LogP contribution in [0.3, 0.4) is 0 Å². The van der Waals surface area contributed by atoms with Crippen LogP contribution in [0.2, 0.25) is 0 Å². The molecule has 0 saturated carbocycles. The smallest absolute Gasteiger partial charge is 0.227 e. The van der Waals surface area contributed by atoms with Crippen LogP contribution in [0, 0.1) is 6.33 Å². The molecule has 0 fully saturated rings. The van der Waals surface area contributed by atoms with Crippen molar-refractivity contribution in [1.29, 1.82) is 0 Å². The third-order valence-corrected chi connectivity index (χ3v) is 8.65.